The highest BCUT2D eigenvalue weighted by Crippen LogP contribution is 2.43. The number of halogens is 1. The maximum absolute atomic E-state index is 13.9. The Kier molecular flexibility index (Phi) is 4.63. The van der Waals surface area contributed by atoms with Crippen LogP contribution in [0.4, 0.5) is 21.7 Å². The Morgan fingerprint density at radius 2 is 1.90 bits per heavy atom. The summed E-state index contributed by atoms with van der Waals surface area (Å²) in [6, 6.07) is 14.8. The van der Waals surface area contributed by atoms with E-state index in [9.17, 15) is 9.65 Å². The molecule has 8 nitrogen and oxygen atoms in total. The first-order valence-electron chi connectivity index (χ1n) is 8.87. The van der Waals surface area contributed by atoms with Crippen molar-refractivity contribution in [3.8, 4) is 23.4 Å². The second-order valence-electron chi connectivity index (χ2n) is 6.50. The number of benzene rings is 2. The van der Waals surface area contributed by atoms with Crippen molar-refractivity contribution in [3.63, 3.8) is 0 Å². The van der Waals surface area contributed by atoms with Gasteiger partial charge in [-0.05, 0) is 28.8 Å². The molecule has 2 aromatic carbocycles. The zero-order valence-corrected chi connectivity index (χ0v) is 15.5. The number of aliphatic imine (C=N–C) groups is 1. The van der Waals surface area contributed by atoms with Gasteiger partial charge in [0, 0.05) is 5.56 Å². The molecular formula is C21H15FN8. The molecule has 0 fully saturated rings. The molecule has 0 aliphatic carbocycles. The SMILES string of the molecule is N#CNC1=NC(c2ccccc2-c2cccc(F)c2)c2c(nc(N)c(C#N)c2N)N1. The van der Waals surface area contributed by atoms with Gasteiger partial charge in [0.1, 0.15) is 35.1 Å². The van der Waals surface area contributed by atoms with E-state index >= 15 is 0 Å². The minimum atomic E-state index is -0.711. The van der Waals surface area contributed by atoms with Gasteiger partial charge in [-0.3, -0.25) is 5.32 Å². The van der Waals surface area contributed by atoms with Crippen molar-refractivity contribution in [1.82, 2.24) is 10.3 Å². The highest BCUT2D eigenvalue weighted by atomic mass is 19.1. The fourth-order valence-corrected chi connectivity index (χ4v) is 3.46. The van der Waals surface area contributed by atoms with Gasteiger partial charge in [0.05, 0.1) is 5.69 Å². The predicted octanol–water partition coefficient (Wildman–Crippen LogP) is 2.87. The molecule has 146 valence electrons. The summed E-state index contributed by atoms with van der Waals surface area (Å²) in [7, 11) is 0. The summed E-state index contributed by atoms with van der Waals surface area (Å²) in [6.07, 6.45) is 1.81. The molecule has 30 heavy (non-hydrogen) atoms. The Labute approximate surface area is 171 Å². The van der Waals surface area contributed by atoms with E-state index in [1.165, 1.54) is 12.1 Å². The largest absolute Gasteiger partial charge is 0.397 e. The molecule has 0 amide bonds. The van der Waals surface area contributed by atoms with Gasteiger partial charge in [-0.2, -0.15) is 10.5 Å². The van der Waals surface area contributed by atoms with Gasteiger partial charge in [0.15, 0.2) is 6.19 Å². The smallest absolute Gasteiger partial charge is 0.211 e. The molecule has 0 saturated carbocycles. The minimum Gasteiger partial charge on any atom is -0.397 e. The molecule has 0 radical (unpaired) electrons. The van der Waals surface area contributed by atoms with Crippen LogP contribution in [-0.4, -0.2) is 10.9 Å². The Morgan fingerprint density at radius 3 is 2.63 bits per heavy atom. The van der Waals surface area contributed by atoms with Gasteiger partial charge in [-0.1, -0.05) is 36.4 Å². The summed E-state index contributed by atoms with van der Waals surface area (Å²) < 4.78 is 13.9. The van der Waals surface area contributed by atoms with Gasteiger partial charge in [-0.25, -0.2) is 14.4 Å². The van der Waals surface area contributed by atoms with Crippen molar-refractivity contribution >= 4 is 23.3 Å². The minimum absolute atomic E-state index is 0.0309. The van der Waals surface area contributed by atoms with Gasteiger partial charge in [-0.15, -0.1) is 0 Å². The van der Waals surface area contributed by atoms with Crippen LogP contribution in [-0.2, 0) is 0 Å². The second-order valence-corrected chi connectivity index (χ2v) is 6.50. The molecule has 6 N–H and O–H groups in total. The Bertz CT molecular complexity index is 1270. The number of nitrogens with zero attached hydrogens (tertiary/aromatic N) is 4. The number of hydrogen-bond acceptors (Lipinski definition) is 8. The van der Waals surface area contributed by atoms with Gasteiger partial charge in [0.25, 0.3) is 0 Å². The van der Waals surface area contributed by atoms with E-state index in [4.69, 9.17) is 16.7 Å². The Hall–Kier alpha value is -4.63. The highest BCUT2D eigenvalue weighted by molar-refractivity contribution is 5.98. The number of hydrogen-bond donors (Lipinski definition) is 4. The first-order chi connectivity index (χ1) is 14.5. The van der Waals surface area contributed by atoms with E-state index in [1.54, 1.807) is 12.1 Å². The van der Waals surface area contributed by atoms with Crippen LogP contribution in [0.15, 0.2) is 53.5 Å². The van der Waals surface area contributed by atoms with Crippen LogP contribution in [0.25, 0.3) is 11.1 Å². The second kappa shape index (κ2) is 7.41. The Morgan fingerprint density at radius 1 is 1.10 bits per heavy atom. The average Bonchev–Trinajstić information content (AvgIpc) is 2.73. The van der Waals surface area contributed by atoms with Crippen molar-refractivity contribution in [3.05, 3.63) is 71.0 Å². The number of anilines is 3. The number of guanidine groups is 1. The monoisotopic (exact) mass is 398 g/mol. The lowest BCUT2D eigenvalue weighted by molar-refractivity contribution is 0.628. The normalized spacial score (nSPS) is 14.5. The fourth-order valence-electron chi connectivity index (χ4n) is 3.46. The number of nitrogens with one attached hydrogen (secondary N) is 2. The van der Waals surface area contributed by atoms with E-state index in [0.29, 0.717) is 16.7 Å². The molecule has 0 bridgehead atoms. The summed E-state index contributed by atoms with van der Waals surface area (Å²) in [4.78, 5) is 8.81. The summed E-state index contributed by atoms with van der Waals surface area (Å²) in [5, 5.41) is 23.8. The number of rotatable bonds is 2. The van der Waals surface area contributed by atoms with Crippen LogP contribution >= 0.6 is 0 Å². The van der Waals surface area contributed by atoms with Crippen molar-refractivity contribution in [2.24, 2.45) is 4.99 Å². The van der Waals surface area contributed by atoms with E-state index in [2.05, 4.69) is 20.6 Å². The Balaban J connectivity index is 1.98. The number of nitriles is 2. The van der Waals surface area contributed by atoms with E-state index in [-0.39, 0.29) is 34.7 Å². The number of nitrogen functional groups attached to an aromatic ring is 2. The third-order valence-corrected chi connectivity index (χ3v) is 4.75. The van der Waals surface area contributed by atoms with Crippen molar-refractivity contribution in [1.29, 1.82) is 10.5 Å². The first-order valence-corrected chi connectivity index (χ1v) is 8.87. The molecule has 1 atom stereocenters. The maximum Gasteiger partial charge on any atom is 0.211 e. The molecule has 0 spiro atoms. The lowest BCUT2D eigenvalue weighted by Crippen LogP contribution is -2.32. The quantitative estimate of drug-likeness (QED) is 0.383. The number of nitrogens with two attached hydrogens (primary N) is 2. The van der Waals surface area contributed by atoms with E-state index < -0.39 is 6.04 Å². The molecule has 2 heterocycles. The van der Waals surface area contributed by atoms with Crippen LogP contribution in [0.2, 0.25) is 0 Å². The van der Waals surface area contributed by atoms with Crippen LogP contribution in [0.3, 0.4) is 0 Å². The van der Waals surface area contributed by atoms with Crippen LogP contribution < -0.4 is 22.1 Å². The molecule has 3 aromatic rings. The molecule has 1 aliphatic heterocycles. The molecule has 9 heteroatoms. The van der Waals surface area contributed by atoms with Crippen LogP contribution in [0.5, 0.6) is 0 Å². The zero-order valence-electron chi connectivity index (χ0n) is 15.5. The number of aromatic nitrogens is 1. The summed E-state index contributed by atoms with van der Waals surface area (Å²) in [6.45, 7) is 0. The van der Waals surface area contributed by atoms with Crippen molar-refractivity contribution < 1.29 is 4.39 Å². The maximum atomic E-state index is 13.9. The number of pyridine rings is 1. The summed E-state index contributed by atoms with van der Waals surface area (Å²) in [5.74, 6) is 0.0385. The third kappa shape index (κ3) is 3.11. The molecule has 4 rings (SSSR count). The predicted molar refractivity (Wildman–Crippen MR) is 111 cm³/mol. The highest BCUT2D eigenvalue weighted by Gasteiger charge is 2.31. The standard InChI is InChI=1S/C21H15FN8/c22-12-5-3-4-11(8-12)13-6-1-2-7-14(13)18-16-17(25)15(9-23)19(26)29-20(16)30-21(28-18)27-10-24/h1-8,18H,(H6,25,26,27,28,29,30). The van der Waals surface area contributed by atoms with Crippen molar-refractivity contribution in [2.75, 3.05) is 16.8 Å². The summed E-state index contributed by atoms with van der Waals surface area (Å²) in [5.41, 5.74) is 14.9. The molecule has 1 unspecified atom stereocenters. The van der Waals surface area contributed by atoms with Crippen molar-refractivity contribution in [2.45, 2.75) is 6.04 Å². The first kappa shape index (κ1) is 18.7. The lowest BCUT2D eigenvalue weighted by atomic mass is 9.89. The van der Waals surface area contributed by atoms with E-state index in [0.717, 1.165) is 5.56 Å². The molecule has 1 aromatic heterocycles. The topological polar surface area (TPSA) is 149 Å². The van der Waals surface area contributed by atoms with Crippen LogP contribution in [0.1, 0.15) is 22.7 Å². The lowest BCUT2D eigenvalue weighted by Gasteiger charge is -2.27. The van der Waals surface area contributed by atoms with E-state index in [1.807, 2.05) is 36.5 Å². The van der Waals surface area contributed by atoms with Crippen LogP contribution in [0, 0.1) is 28.6 Å². The van der Waals surface area contributed by atoms with Gasteiger partial charge < -0.3 is 16.8 Å². The molecular weight excluding hydrogens is 383 g/mol. The number of fused-ring (bicyclic) bond motifs is 1. The zero-order chi connectivity index (χ0) is 21.3. The average molecular weight is 398 g/mol. The molecule has 1 aliphatic rings. The van der Waals surface area contributed by atoms with Gasteiger partial charge in [0.2, 0.25) is 5.96 Å². The fraction of sp³-hybridized carbons (Fsp3) is 0.0476. The van der Waals surface area contributed by atoms with Gasteiger partial charge >= 0.3 is 0 Å². The molecule has 0 saturated heterocycles. The summed E-state index contributed by atoms with van der Waals surface area (Å²) >= 11 is 0. The third-order valence-electron chi connectivity index (χ3n) is 4.75.